The molecule has 1 heterocycles. The molecular formula is C17H17NO6S. The molecule has 0 amide bonds. The molecule has 0 fully saturated rings. The van der Waals surface area contributed by atoms with Gasteiger partial charge in [-0.1, -0.05) is 12.1 Å². The Hall–Kier alpha value is -2.58. The Bertz CT molecular complexity index is 936. The van der Waals surface area contributed by atoms with Crippen LogP contribution in [0.1, 0.15) is 10.4 Å². The van der Waals surface area contributed by atoms with Crippen LogP contribution < -0.4 is 9.47 Å². The van der Waals surface area contributed by atoms with Gasteiger partial charge in [0, 0.05) is 14.1 Å². The van der Waals surface area contributed by atoms with E-state index in [1.54, 1.807) is 18.2 Å². The van der Waals surface area contributed by atoms with Crippen LogP contribution in [-0.4, -0.2) is 51.1 Å². The second-order valence-electron chi connectivity index (χ2n) is 5.67. The number of fused-ring (bicyclic) bond motifs is 1. The first kappa shape index (κ1) is 17.2. The Morgan fingerprint density at radius 1 is 1.08 bits per heavy atom. The van der Waals surface area contributed by atoms with E-state index in [9.17, 15) is 18.3 Å². The Morgan fingerprint density at radius 2 is 1.80 bits per heavy atom. The standard InChI is InChI=1S/C17H17NO6S/c1-18(2)25(21,22)13-5-3-4-11(8-13)12-9-14(17(19)20)16-15(10-12)23-6-7-24-16/h3-5,8-10H,6-7H2,1-2H3,(H,19,20). The van der Waals surface area contributed by atoms with Crippen LogP contribution in [0.4, 0.5) is 0 Å². The lowest BCUT2D eigenvalue weighted by molar-refractivity contribution is 0.0686. The maximum atomic E-state index is 12.3. The second kappa shape index (κ2) is 6.38. The van der Waals surface area contributed by atoms with Crippen molar-refractivity contribution in [3.8, 4) is 22.6 Å². The lowest BCUT2D eigenvalue weighted by Crippen LogP contribution is -2.22. The van der Waals surface area contributed by atoms with Crippen molar-refractivity contribution in [2.45, 2.75) is 4.90 Å². The number of aromatic carboxylic acids is 1. The Kier molecular flexibility index (Phi) is 4.40. The van der Waals surface area contributed by atoms with Crippen LogP contribution in [0.3, 0.4) is 0 Å². The normalized spacial score (nSPS) is 13.7. The SMILES string of the molecule is CN(C)S(=O)(=O)c1cccc(-c2cc3c(c(C(=O)O)c2)OCCO3)c1. The monoisotopic (exact) mass is 363 g/mol. The van der Waals surface area contributed by atoms with Crippen LogP contribution in [0.2, 0.25) is 0 Å². The molecule has 0 spiro atoms. The van der Waals surface area contributed by atoms with Crippen LogP contribution in [0.15, 0.2) is 41.3 Å². The highest BCUT2D eigenvalue weighted by molar-refractivity contribution is 7.89. The number of hydrogen-bond donors (Lipinski definition) is 1. The van der Waals surface area contributed by atoms with E-state index in [0.29, 0.717) is 23.5 Å². The van der Waals surface area contributed by atoms with Crippen molar-refractivity contribution in [1.29, 1.82) is 0 Å². The third-order valence-corrected chi connectivity index (χ3v) is 5.63. The van der Waals surface area contributed by atoms with Crippen LogP contribution in [0, 0.1) is 0 Å². The molecule has 0 aliphatic carbocycles. The van der Waals surface area contributed by atoms with Crippen molar-refractivity contribution < 1.29 is 27.8 Å². The van der Waals surface area contributed by atoms with Crippen LogP contribution in [-0.2, 0) is 10.0 Å². The maximum Gasteiger partial charge on any atom is 0.339 e. The summed E-state index contributed by atoms with van der Waals surface area (Å²) < 4.78 is 36.6. The van der Waals surface area contributed by atoms with E-state index < -0.39 is 16.0 Å². The molecular weight excluding hydrogens is 346 g/mol. The van der Waals surface area contributed by atoms with E-state index in [4.69, 9.17) is 9.47 Å². The van der Waals surface area contributed by atoms with Crippen molar-refractivity contribution in [1.82, 2.24) is 4.31 Å². The largest absolute Gasteiger partial charge is 0.486 e. The molecule has 2 aromatic rings. The van der Waals surface area contributed by atoms with Gasteiger partial charge in [-0.15, -0.1) is 0 Å². The molecule has 0 radical (unpaired) electrons. The summed E-state index contributed by atoms with van der Waals surface area (Å²) in [5.74, 6) is -0.609. The topological polar surface area (TPSA) is 93.1 Å². The van der Waals surface area contributed by atoms with E-state index in [1.165, 1.54) is 32.3 Å². The zero-order valence-electron chi connectivity index (χ0n) is 13.7. The fourth-order valence-electron chi connectivity index (χ4n) is 2.53. The molecule has 0 aromatic heterocycles. The van der Waals surface area contributed by atoms with Gasteiger partial charge in [0.15, 0.2) is 11.5 Å². The fraction of sp³-hybridized carbons (Fsp3) is 0.235. The Morgan fingerprint density at radius 3 is 2.48 bits per heavy atom. The number of ether oxygens (including phenoxy) is 2. The predicted molar refractivity (Wildman–Crippen MR) is 90.7 cm³/mol. The van der Waals surface area contributed by atoms with Gasteiger partial charge in [-0.2, -0.15) is 0 Å². The summed E-state index contributed by atoms with van der Waals surface area (Å²) in [6.07, 6.45) is 0. The summed E-state index contributed by atoms with van der Waals surface area (Å²) in [5.41, 5.74) is 1.09. The van der Waals surface area contributed by atoms with E-state index in [2.05, 4.69) is 0 Å². The van der Waals surface area contributed by atoms with Crippen molar-refractivity contribution in [3.05, 3.63) is 42.0 Å². The number of carbonyl (C=O) groups is 1. The zero-order valence-corrected chi connectivity index (χ0v) is 14.5. The minimum atomic E-state index is -3.59. The molecule has 7 nitrogen and oxygen atoms in total. The minimum Gasteiger partial charge on any atom is -0.486 e. The van der Waals surface area contributed by atoms with Crippen LogP contribution in [0.5, 0.6) is 11.5 Å². The van der Waals surface area contributed by atoms with E-state index in [0.717, 1.165) is 4.31 Å². The first-order valence-electron chi connectivity index (χ1n) is 7.50. The van der Waals surface area contributed by atoms with Gasteiger partial charge in [0.1, 0.15) is 18.8 Å². The van der Waals surface area contributed by atoms with Crippen LogP contribution >= 0.6 is 0 Å². The van der Waals surface area contributed by atoms with Crippen molar-refractivity contribution in [2.75, 3.05) is 27.3 Å². The highest BCUT2D eigenvalue weighted by atomic mass is 32.2. The van der Waals surface area contributed by atoms with Crippen molar-refractivity contribution in [2.24, 2.45) is 0 Å². The number of rotatable bonds is 4. The van der Waals surface area contributed by atoms with Gasteiger partial charge < -0.3 is 14.6 Å². The van der Waals surface area contributed by atoms with Crippen LogP contribution in [0.25, 0.3) is 11.1 Å². The highest BCUT2D eigenvalue weighted by Gasteiger charge is 2.23. The summed E-state index contributed by atoms with van der Waals surface area (Å²) in [7, 11) is -0.684. The van der Waals surface area contributed by atoms with Gasteiger partial charge in [-0.05, 0) is 35.4 Å². The number of nitrogens with zero attached hydrogens (tertiary/aromatic N) is 1. The molecule has 25 heavy (non-hydrogen) atoms. The predicted octanol–water partition coefficient (Wildman–Crippen LogP) is 2.07. The number of sulfonamides is 1. The molecule has 2 aromatic carbocycles. The summed E-state index contributed by atoms with van der Waals surface area (Å²) >= 11 is 0. The molecule has 0 saturated carbocycles. The van der Waals surface area contributed by atoms with Gasteiger partial charge in [-0.3, -0.25) is 0 Å². The zero-order chi connectivity index (χ0) is 18.2. The summed E-state index contributed by atoms with van der Waals surface area (Å²) in [5, 5.41) is 9.43. The van der Waals surface area contributed by atoms with Gasteiger partial charge in [0.25, 0.3) is 0 Å². The van der Waals surface area contributed by atoms with Gasteiger partial charge in [0.2, 0.25) is 10.0 Å². The minimum absolute atomic E-state index is 0.0203. The molecule has 1 N–H and O–H groups in total. The third kappa shape index (κ3) is 3.18. The number of hydrogen-bond acceptors (Lipinski definition) is 5. The lowest BCUT2D eigenvalue weighted by atomic mass is 10.0. The molecule has 0 unspecified atom stereocenters. The molecule has 0 saturated heterocycles. The van der Waals surface area contributed by atoms with Gasteiger partial charge in [-0.25, -0.2) is 17.5 Å². The highest BCUT2D eigenvalue weighted by Crippen LogP contribution is 2.38. The first-order valence-corrected chi connectivity index (χ1v) is 8.94. The van der Waals surface area contributed by atoms with E-state index >= 15 is 0 Å². The Labute approximate surface area is 145 Å². The number of benzene rings is 2. The maximum absolute atomic E-state index is 12.3. The fourth-order valence-corrected chi connectivity index (χ4v) is 3.47. The molecule has 132 valence electrons. The van der Waals surface area contributed by atoms with Gasteiger partial charge in [0.05, 0.1) is 4.90 Å². The van der Waals surface area contributed by atoms with E-state index in [1.807, 2.05) is 0 Å². The molecule has 1 aliphatic heterocycles. The van der Waals surface area contributed by atoms with Crippen molar-refractivity contribution in [3.63, 3.8) is 0 Å². The van der Waals surface area contributed by atoms with Crippen molar-refractivity contribution >= 4 is 16.0 Å². The summed E-state index contributed by atoms with van der Waals surface area (Å²) in [6.45, 7) is 0.605. The Balaban J connectivity index is 2.14. The van der Waals surface area contributed by atoms with Gasteiger partial charge >= 0.3 is 5.97 Å². The molecule has 8 heteroatoms. The number of carboxylic acid groups (broad SMARTS) is 1. The van der Waals surface area contributed by atoms with E-state index in [-0.39, 0.29) is 22.8 Å². The quantitative estimate of drug-likeness (QED) is 0.894. The molecule has 1 aliphatic rings. The second-order valence-corrected chi connectivity index (χ2v) is 7.82. The first-order chi connectivity index (χ1) is 11.8. The summed E-state index contributed by atoms with van der Waals surface area (Å²) in [6, 6.07) is 9.44. The number of carboxylic acids is 1. The summed E-state index contributed by atoms with van der Waals surface area (Å²) in [4.78, 5) is 11.7. The lowest BCUT2D eigenvalue weighted by Gasteiger charge is -2.21. The smallest absolute Gasteiger partial charge is 0.339 e. The average molecular weight is 363 g/mol. The third-order valence-electron chi connectivity index (χ3n) is 3.82. The molecule has 3 rings (SSSR count). The molecule has 0 bridgehead atoms. The average Bonchev–Trinajstić information content (AvgIpc) is 2.60. The molecule has 0 atom stereocenters.